The lowest BCUT2D eigenvalue weighted by Gasteiger charge is -2.16. The van der Waals surface area contributed by atoms with Gasteiger partial charge in [0.1, 0.15) is 12.4 Å². The molecule has 0 fully saturated rings. The number of carbonyl (C=O) groups excluding carboxylic acids is 1. The Bertz CT molecular complexity index is 1210. The Labute approximate surface area is 181 Å². The maximum absolute atomic E-state index is 13.2. The van der Waals surface area contributed by atoms with E-state index in [0.717, 1.165) is 26.7 Å². The molecule has 0 saturated heterocycles. The van der Waals surface area contributed by atoms with E-state index in [1.807, 2.05) is 32.0 Å². The van der Waals surface area contributed by atoms with Gasteiger partial charge >= 0.3 is 0 Å². The molecule has 5 rings (SSSR count). The summed E-state index contributed by atoms with van der Waals surface area (Å²) in [5, 5.41) is 18.6. The average Bonchev–Trinajstić information content (AvgIpc) is 3.37. The van der Waals surface area contributed by atoms with Crippen molar-refractivity contribution in [1.82, 2.24) is 15.1 Å². The van der Waals surface area contributed by atoms with E-state index in [9.17, 15) is 9.90 Å². The summed E-state index contributed by atoms with van der Waals surface area (Å²) in [6.45, 7) is 5.62. The lowest BCUT2D eigenvalue weighted by molar-refractivity contribution is 0.0748. The number of nitrogens with one attached hydrogen (secondary N) is 1. The summed E-state index contributed by atoms with van der Waals surface area (Å²) in [5.74, 6) is 0.370. The summed E-state index contributed by atoms with van der Waals surface area (Å²) in [4.78, 5) is 19.5. The predicted octanol–water partition coefficient (Wildman–Crippen LogP) is 3.94. The van der Waals surface area contributed by atoms with E-state index >= 15 is 0 Å². The van der Waals surface area contributed by atoms with Gasteiger partial charge in [0.25, 0.3) is 5.91 Å². The molecular weight excluding hydrogens is 448 g/mol. The van der Waals surface area contributed by atoms with Crippen LogP contribution in [0.25, 0.3) is 10.9 Å². The zero-order valence-electron chi connectivity index (χ0n) is 16.7. The van der Waals surface area contributed by atoms with E-state index in [1.165, 1.54) is 0 Å². The van der Waals surface area contributed by atoms with Gasteiger partial charge in [0.15, 0.2) is 5.90 Å². The Balaban J connectivity index is 1.45. The number of hydrogen-bond acceptors (Lipinski definition) is 5. The fourth-order valence-electron chi connectivity index (χ4n) is 3.99. The molecule has 3 aromatic rings. The fraction of sp³-hybridized carbons (Fsp3) is 0.318. The maximum atomic E-state index is 13.2. The molecule has 3 heterocycles. The highest BCUT2D eigenvalue weighted by Crippen LogP contribution is 2.32. The summed E-state index contributed by atoms with van der Waals surface area (Å²) in [6.07, 6.45) is 0.436. The van der Waals surface area contributed by atoms with Crippen LogP contribution in [0.2, 0.25) is 0 Å². The molecule has 2 N–H and O–H groups in total. The predicted molar refractivity (Wildman–Crippen MR) is 117 cm³/mol. The number of amides is 1. The van der Waals surface area contributed by atoms with Crippen LogP contribution in [0.15, 0.2) is 39.8 Å². The molecule has 7 nitrogen and oxygen atoms in total. The van der Waals surface area contributed by atoms with Crippen molar-refractivity contribution in [2.75, 3.05) is 6.61 Å². The number of halogens is 1. The van der Waals surface area contributed by atoms with Crippen molar-refractivity contribution in [2.24, 2.45) is 4.99 Å². The molecule has 0 radical (unpaired) electrons. The highest BCUT2D eigenvalue weighted by Gasteiger charge is 2.29. The minimum Gasteiger partial charge on any atom is -0.507 e. The quantitative estimate of drug-likeness (QED) is 0.608. The third kappa shape index (κ3) is 3.35. The van der Waals surface area contributed by atoms with Crippen molar-refractivity contribution in [3.05, 3.63) is 57.2 Å². The zero-order chi connectivity index (χ0) is 21.0. The normalized spacial score (nSPS) is 17.2. The van der Waals surface area contributed by atoms with E-state index in [1.54, 1.807) is 17.0 Å². The highest BCUT2D eigenvalue weighted by atomic mass is 79.9. The molecule has 2 aromatic carbocycles. The van der Waals surface area contributed by atoms with Crippen LogP contribution >= 0.6 is 15.9 Å². The first-order chi connectivity index (χ1) is 14.3. The highest BCUT2D eigenvalue weighted by molar-refractivity contribution is 9.10. The number of nitrogens with zero attached hydrogens (tertiary/aromatic N) is 3. The van der Waals surface area contributed by atoms with E-state index in [4.69, 9.17) is 4.74 Å². The fourth-order valence-corrected chi connectivity index (χ4v) is 4.39. The van der Waals surface area contributed by atoms with Gasteiger partial charge in [0.2, 0.25) is 0 Å². The van der Waals surface area contributed by atoms with Crippen LogP contribution in [-0.4, -0.2) is 44.2 Å². The van der Waals surface area contributed by atoms with E-state index in [2.05, 4.69) is 31.1 Å². The SMILES string of the molecule is CC1(C)COC(Cc2n[nH]c3cc(O)c(C(=O)N4Cc5ccc(Br)cc5C4)cc23)=N1. The molecule has 0 aliphatic carbocycles. The topological polar surface area (TPSA) is 90.8 Å². The molecule has 0 atom stereocenters. The average molecular weight is 469 g/mol. The number of carbonyl (C=O) groups is 1. The lowest BCUT2D eigenvalue weighted by atomic mass is 10.1. The Kier molecular flexibility index (Phi) is 4.36. The zero-order valence-corrected chi connectivity index (χ0v) is 18.3. The number of phenolic OH excluding ortho intramolecular Hbond substituents is 1. The molecule has 8 heteroatoms. The summed E-state index contributed by atoms with van der Waals surface area (Å²) in [7, 11) is 0. The van der Waals surface area contributed by atoms with Gasteiger partial charge in [-0.1, -0.05) is 22.0 Å². The second kappa shape index (κ2) is 6.84. The molecule has 1 amide bonds. The molecule has 0 spiro atoms. The number of aromatic hydroxyl groups is 1. The number of fused-ring (bicyclic) bond motifs is 2. The minimum absolute atomic E-state index is 0.0598. The molecule has 30 heavy (non-hydrogen) atoms. The largest absolute Gasteiger partial charge is 0.507 e. The Morgan fingerprint density at radius 3 is 2.83 bits per heavy atom. The van der Waals surface area contributed by atoms with Gasteiger partial charge < -0.3 is 14.7 Å². The van der Waals surface area contributed by atoms with E-state index < -0.39 is 0 Å². The monoisotopic (exact) mass is 468 g/mol. The van der Waals surface area contributed by atoms with Crippen LogP contribution in [0.4, 0.5) is 0 Å². The number of aromatic nitrogens is 2. The van der Waals surface area contributed by atoms with Crippen molar-refractivity contribution in [3.63, 3.8) is 0 Å². The van der Waals surface area contributed by atoms with Crippen molar-refractivity contribution < 1.29 is 14.6 Å². The number of hydrogen-bond donors (Lipinski definition) is 2. The van der Waals surface area contributed by atoms with Gasteiger partial charge in [-0.15, -0.1) is 0 Å². The second-order valence-electron chi connectivity index (χ2n) is 8.44. The summed E-state index contributed by atoms with van der Waals surface area (Å²) < 4.78 is 6.68. The molecule has 0 unspecified atom stereocenters. The smallest absolute Gasteiger partial charge is 0.258 e. The van der Waals surface area contributed by atoms with Gasteiger partial charge in [-0.2, -0.15) is 5.10 Å². The van der Waals surface area contributed by atoms with Crippen LogP contribution in [0.1, 0.15) is 41.0 Å². The second-order valence-corrected chi connectivity index (χ2v) is 9.36. The molecule has 2 aliphatic heterocycles. The van der Waals surface area contributed by atoms with Crippen LogP contribution in [0.3, 0.4) is 0 Å². The van der Waals surface area contributed by atoms with Gasteiger partial charge in [0, 0.05) is 29.0 Å². The third-order valence-electron chi connectivity index (χ3n) is 5.50. The van der Waals surface area contributed by atoms with Gasteiger partial charge in [0.05, 0.1) is 28.7 Å². The summed E-state index contributed by atoms with van der Waals surface area (Å²) in [5.41, 5.74) is 3.68. The van der Waals surface area contributed by atoms with Crippen molar-refractivity contribution in [1.29, 1.82) is 0 Å². The standard InChI is InChI=1S/C22H21BrN4O3/c1-22(2)11-30-20(24-22)8-18-15-6-16(19(28)7-17(15)25-26-18)21(29)27-9-12-3-4-14(23)5-13(12)10-27/h3-7,28H,8-11H2,1-2H3,(H,25,26). The van der Waals surface area contributed by atoms with Crippen LogP contribution < -0.4 is 0 Å². The maximum Gasteiger partial charge on any atom is 0.258 e. The van der Waals surface area contributed by atoms with Crippen LogP contribution in [0.5, 0.6) is 5.75 Å². The van der Waals surface area contributed by atoms with Crippen LogP contribution in [0, 0.1) is 0 Å². The molecule has 154 valence electrons. The van der Waals surface area contributed by atoms with Crippen molar-refractivity contribution in [2.45, 2.75) is 38.9 Å². The molecule has 0 bridgehead atoms. The minimum atomic E-state index is -0.236. The number of rotatable bonds is 3. The van der Waals surface area contributed by atoms with Gasteiger partial charge in [-0.3, -0.25) is 9.89 Å². The molecular formula is C22H21BrN4O3. The Hall–Kier alpha value is -2.87. The van der Waals surface area contributed by atoms with Crippen molar-refractivity contribution >= 4 is 38.6 Å². The first-order valence-electron chi connectivity index (χ1n) is 9.77. The number of benzene rings is 2. The number of H-pyrrole nitrogens is 1. The summed E-state index contributed by atoms with van der Waals surface area (Å²) >= 11 is 3.48. The molecule has 2 aliphatic rings. The lowest BCUT2D eigenvalue weighted by Crippen LogP contribution is -2.25. The Morgan fingerprint density at radius 2 is 2.07 bits per heavy atom. The van der Waals surface area contributed by atoms with Crippen molar-refractivity contribution in [3.8, 4) is 5.75 Å². The first kappa shape index (κ1) is 19.1. The number of aliphatic imine (C=N–C) groups is 1. The number of ether oxygens (including phenoxy) is 1. The number of aromatic amines is 1. The first-order valence-corrected chi connectivity index (χ1v) is 10.6. The van der Waals surface area contributed by atoms with Gasteiger partial charge in [-0.05, 0) is 43.2 Å². The molecule has 1 aromatic heterocycles. The van der Waals surface area contributed by atoms with Crippen LogP contribution in [-0.2, 0) is 24.2 Å². The Morgan fingerprint density at radius 1 is 1.27 bits per heavy atom. The van der Waals surface area contributed by atoms with E-state index in [0.29, 0.717) is 37.5 Å². The molecule has 0 saturated carbocycles. The van der Waals surface area contributed by atoms with Gasteiger partial charge in [-0.25, -0.2) is 4.99 Å². The van der Waals surface area contributed by atoms with E-state index in [-0.39, 0.29) is 22.8 Å². The number of phenols is 1. The summed E-state index contributed by atoms with van der Waals surface area (Å²) in [6, 6.07) is 9.30. The third-order valence-corrected chi connectivity index (χ3v) is 6.00.